The van der Waals surface area contributed by atoms with Crippen molar-refractivity contribution < 1.29 is 29.0 Å². The number of hydrogen-bond acceptors (Lipinski definition) is 5. The Morgan fingerprint density at radius 1 is 1.19 bits per heavy atom. The molecule has 0 bridgehead atoms. The average molecular weight is 364 g/mol. The lowest BCUT2D eigenvalue weighted by atomic mass is 10.0. The molecule has 0 aliphatic rings. The van der Waals surface area contributed by atoms with Gasteiger partial charge in [0, 0.05) is 5.56 Å². The van der Waals surface area contributed by atoms with Crippen LogP contribution in [-0.4, -0.2) is 48.4 Å². The van der Waals surface area contributed by atoms with Gasteiger partial charge in [-0.3, -0.25) is 14.4 Å². The number of carbonyl (C=O) groups excluding carboxylic acids is 3. The van der Waals surface area contributed by atoms with Gasteiger partial charge in [-0.2, -0.15) is 0 Å². The van der Waals surface area contributed by atoms with E-state index in [1.165, 1.54) is 7.11 Å². The van der Waals surface area contributed by atoms with Gasteiger partial charge >= 0.3 is 5.97 Å². The maximum Gasteiger partial charge on any atom is 0.305 e. The minimum Gasteiger partial charge on any atom is -0.496 e. The van der Waals surface area contributed by atoms with Crippen molar-refractivity contribution in [3.63, 3.8) is 0 Å². The molecule has 8 nitrogen and oxygen atoms in total. The predicted molar refractivity (Wildman–Crippen MR) is 93.7 cm³/mol. The zero-order valence-corrected chi connectivity index (χ0v) is 15.0. The first-order chi connectivity index (χ1) is 12.3. The largest absolute Gasteiger partial charge is 0.496 e. The molecule has 1 rings (SSSR count). The van der Waals surface area contributed by atoms with E-state index in [1.54, 1.807) is 38.1 Å². The molecule has 0 heterocycles. The molecule has 2 unspecified atom stereocenters. The van der Waals surface area contributed by atoms with Gasteiger partial charge in [0.1, 0.15) is 18.1 Å². The van der Waals surface area contributed by atoms with Crippen LogP contribution in [0.1, 0.15) is 25.8 Å². The SMILES string of the molecule is COc1ccccc1CC(=O)NC(C(=O)NC(C=O)CC(=O)O)C(C)C. The molecule has 0 aliphatic carbocycles. The van der Waals surface area contributed by atoms with Gasteiger partial charge in [0.05, 0.1) is 26.0 Å². The number of methoxy groups -OCH3 is 1. The first kappa shape index (κ1) is 21.1. The topological polar surface area (TPSA) is 122 Å². The van der Waals surface area contributed by atoms with Crippen LogP contribution in [0.5, 0.6) is 5.75 Å². The lowest BCUT2D eigenvalue weighted by Crippen LogP contribution is -2.53. The molecule has 0 saturated heterocycles. The van der Waals surface area contributed by atoms with E-state index >= 15 is 0 Å². The summed E-state index contributed by atoms with van der Waals surface area (Å²) in [6.45, 7) is 3.47. The Hall–Kier alpha value is -2.90. The highest BCUT2D eigenvalue weighted by molar-refractivity contribution is 5.90. The lowest BCUT2D eigenvalue weighted by Gasteiger charge is -2.23. The zero-order valence-electron chi connectivity index (χ0n) is 15.0. The summed E-state index contributed by atoms with van der Waals surface area (Å²) in [4.78, 5) is 46.3. The number of benzene rings is 1. The summed E-state index contributed by atoms with van der Waals surface area (Å²) < 4.78 is 5.20. The normalized spacial score (nSPS) is 12.8. The first-order valence-corrected chi connectivity index (χ1v) is 8.17. The molecule has 0 radical (unpaired) electrons. The summed E-state index contributed by atoms with van der Waals surface area (Å²) in [5.74, 6) is -1.89. The Labute approximate surface area is 151 Å². The molecule has 142 valence electrons. The molecule has 0 spiro atoms. The van der Waals surface area contributed by atoms with Crippen LogP contribution in [0, 0.1) is 5.92 Å². The van der Waals surface area contributed by atoms with E-state index in [2.05, 4.69) is 10.6 Å². The molecule has 0 fully saturated rings. The smallest absolute Gasteiger partial charge is 0.305 e. The molecule has 1 aromatic carbocycles. The molecule has 26 heavy (non-hydrogen) atoms. The number of carboxylic acids is 1. The number of nitrogens with one attached hydrogen (secondary N) is 2. The summed E-state index contributed by atoms with van der Waals surface area (Å²) in [5, 5.41) is 13.7. The summed E-state index contributed by atoms with van der Waals surface area (Å²) in [5.41, 5.74) is 0.673. The fraction of sp³-hybridized carbons (Fsp3) is 0.444. The van der Waals surface area contributed by atoms with Crippen molar-refractivity contribution in [2.45, 2.75) is 38.8 Å². The molecule has 2 atom stereocenters. The number of rotatable bonds is 10. The van der Waals surface area contributed by atoms with E-state index in [1.807, 2.05) is 0 Å². The molecule has 8 heteroatoms. The van der Waals surface area contributed by atoms with E-state index in [-0.39, 0.29) is 18.2 Å². The number of hydrogen-bond donors (Lipinski definition) is 3. The summed E-state index contributed by atoms with van der Waals surface area (Å²) >= 11 is 0. The van der Waals surface area contributed by atoms with Crippen LogP contribution in [0.15, 0.2) is 24.3 Å². The Kier molecular flexibility index (Phi) is 8.27. The molecule has 2 amide bonds. The van der Waals surface area contributed by atoms with Gasteiger partial charge in [0.15, 0.2) is 0 Å². The van der Waals surface area contributed by atoms with Gasteiger partial charge in [-0.1, -0.05) is 32.0 Å². The Morgan fingerprint density at radius 3 is 2.38 bits per heavy atom. The highest BCUT2D eigenvalue weighted by atomic mass is 16.5. The Morgan fingerprint density at radius 2 is 1.85 bits per heavy atom. The third kappa shape index (κ3) is 6.54. The van der Waals surface area contributed by atoms with Gasteiger partial charge in [0.25, 0.3) is 0 Å². The Bertz CT molecular complexity index is 659. The lowest BCUT2D eigenvalue weighted by molar-refractivity contribution is -0.139. The van der Waals surface area contributed by atoms with Gasteiger partial charge in [0.2, 0.25) is 11.8 Å². The number of carboxylic acid groups (broad SMARTS) is 1. The van der Waals surface area contributed by atoms with Crippen molar-refractivity contribution >= 4 is 24.1 Å². The maximum absolute atomic E-state index is 12.3. The average Bonchev–Trinajstić information content (AvgIpc) is 2.58. The zero-order chi connectivity index (χ0) is 19.7. The van der Waals surface area contributed by atoms with Crippen molar-refractivity contribution in [1.29, 1.82) is 0 Å². The second-order valence-electron chi connectivity index (χ2n) is 6.13. The van der Waals surface area contributed by atoms with Gasteiger partial charge in [-0.05, 0) is 12.0 Å². The quantitative estimate of drug-likeness (QED) is 0.521. The number of carbonyl (C=O) groups is 4. The van der Waals surface area contributed by atoms with Crippen LogP contribution < -0.4 is 15.4 Å². The fourth-order valence-electron chi connectivity index (χ4n) is 2.38. The van der Waals surface area contributed by atoms with E-state index in [0.717, 1.165) is 0 Å². The summed E-state index contributed by atoms with van der Waals surface area (Å²) in [7, 11) is 1.50. The number of ether oxygens (including phenoxy) is 1. The Balaban J connectivity index is 2.77. The van der Waals surface area contributed by atoms with Crippen LogP contribution in [0.25, 0.3) is 0 Å². The third-order valence-electron chi connectivity index (χ3n) is 3.70. The van der Waals surface area contributed by atoms with Crippen molar-refractivity contribution in [3.8, 4) is 5.75 Å². The van der Waals surface area contributed by atoms with Crippen LogP contribution >= 0.6 is 0 Å². The first-order valence-electron chi connectivity index (χ1n) is 8.17. The number of aldehydes is 1. The highest BCUT2D eigenvalue weighted by Gasteiger charge is 2.27. The predicted octanol–water partition coefficient (Wildman–Crippen LogP) is 0.537. The maximum atomic E-state index is 12.3. The van der Waals surface area contributed by atoms with E-state index < -0.39 is 30.4 Å². The summed E-state index contributed by atoms with van der Waals surface area (Å²) in [6.07, 6.45) is -0.137. The van der Waals surface area contributed by atoms with Crippen LogP contribution in [0.4, 0.5) is 0 Å². The van der Waals surface area contributed by atoms with Crippen LogP contribution in [0.2, 0.25) is 0 Å². The molecule has 1 aromatic rings. The number of amides is 2. The monoisotopic (exact) mass is 364 g/mol. The van der Waals surface area contributed by atoms with Crippen molar-refractivity contribution in [1.82, 2.24) is 10.6 Å². The second kappa shape index (κ2) is 10.2. The third-order valence-corrected chi connectivity index (χ3v) is 3.70. The molecular formula is C18H24N2O6. The van der Waals surface area contributed by atoms with E-state index in [4.69, 9.17) is 9.84 Å². The molecule has 0 saturated carbocycles. The molecule has 0 aliphatic heterocycles. The fourth-order valence-corrected chi connectivity index (χ4v) is 2.38. The molecule has 0 aromatic heterocycles. The number of para-hydroxylation sites is 1. The van der Waals surface area contributed by atoms with Crippen LogP contribution in [0.3, 0.4) is 0 Å². The van der Waals surface area contributed by atoms with Gasteiger partial charge in [-0.25, -0.2) is 0 Å². The van der Waals surface area contributed by atoms with Crippen LogP contribution in [-0.2, 0) is 25.6 Å². The number of aliphatic carboxylic acids is 1. The van der Waals surface area contributed by atoms with E-state index in [0.29, 0.717) is 17.6 Å². The minimum absolute atomic E-state index is 0.0206. The molecule has 3 N–H and O–H groups in total. The van der Waals surface area contributed by atoms with Crippen molar-refractivity contribution in [2.75, 3.05) is 7.11 Å². The van der Waals surface area contributed by atoms with Gasteiger partial charge < -0.3 is 25.3 Å². The second-order valence-corrected chi connectivity index (χ2v) is 6.13. The molecular weight excluding hydrogens is 340 g/mol. The highest BCUT2D eigenvalue weighted by Crippen LogP contribution is 2.17. The van der Waals surface area contributed by atoms with Crippen molar-refractivity contribution in [2.24, 2.45) is 5.92 Å². The van der Waals surface area contributed by atoms with E-state index in [9.17, 15) is 19.2 Å². The van der Waals surface area contributed by atoms with Gasteiger partial charge in [-0.15, -0.1) is 0 Å². The minimum atomic E-state index is -1.20. The summed E-state index contributed by atoms with van der Waals surface area (Å²) in [6, 6.07) is 5.00. The standard InChI is InChI=1S/C18H24N2O6/c1-11(2)17(18(25)19-13(10-21)9-16(23)24)20-15(22)8-12-6-4-5-7-14(12)26-3/h4-7,10-11,13,17H,8-9H2,1-3H3,(H,19,25)(H,20,22)(H,23,24). The van der Waals surface area contributed by atoms with Crippen molar-refractivity contribution in [3.05, 3.63) is 29.8 Å².